The minimum Gasteiger partial charge on any atom is -0.380 e. The van der Waals surface area contributed by atoms with Crippen molar-refractivity contribution in [3.63, 3.8) is 0 Å². The molecular weight excluding hydrogens is 312 g/mol. The third-order valence-electron chi connectivity index (χ3n) is 4.98. The van der Waals surface area contributed by atoms with Gasteiger partial charge in [0.05, 0.1) is 24.4 Å². The van der Waals surface area contributed by atoms with Crippen LogP contribution in [0.15, 0.2) is 49.2 Å². The van der Waals surface area contributed by atoms with Gasteiger partial charge in [-0.25, -0.2) is 0 Å². The largest absolute Gasteiger partial charge is 0.380 e. The SMILES string of the molecule is Cc1ccncc1CN1CCOC[C@@H](Cc2nccn3cccc23)C1. The second-order valence-electron chi connectivity index (χ2n) is 6.86. The molecule has 0 amide bonds. The lowest BCUT2D eigenvalue weighted by atomic mass is 10.0. The zero-order valence-electron chi connectivity index (χ0n) is 14.6. The Bertz CT molecular complexity index is 844. The highest BCUT2D eigenvalue weighted by molar-refractivity contribution is 5.52. The van der Waals surface area contributed by atoms with Crippen LogP contribution in [0.25, 0.3) is 5.52 Å². The van der Waals surface area contributed by atoms with Crippen LogP contribution < -0.4 is 0 Å². The normalized spacial score (nSPS) is 19.2. The molecule has 1 fully saturated rings. The molecule has 0 bridgehead atoms. The van der Waals surface area contributed by atoms with E-state index in [1.165, 1.54) is 16.6 Å². The number of aromatic nitrogens is 3. The molecule has 3 aromatic rings. The zero-order chi connectivity index (χ0) is 17.1. The smallest absolute Gasteiger partial charge is 0.0666 e. The number of rotatable bonds is 4. The Morgan fingerprint density at radius 2 is 2.20 bits per heavy atom. The van der Waals surface area contributed by atoms with E-state index in [2.05, 4.69) is 50.6 Å². The lowest BCUT2D eigenvalue weighted by Crippen LogP contribution is -2.31. The Morgan fingerprint density at radius 3 is 3.12 bits per heavy atom. The number of pyridine rings is 1. The van der Waals surface area contributed by atoms with Crippen LogP contribution in [0.2, 0.25) is 0 Å². The average molecular weight is 336 g/mol. The van der Waals surface area contributed by atoms with Gasteiger partial charge in [-0.15, -0.1) is 0 Å². The maximum atomic E-state index is 5.88. The van der Waals surface area contributed by atoms with Gasteiger partial charge >= 0.3 is 0 Å². The maximum absolute atomic E-state index is 5.88. The summed E-state index contributed by atoms with van der Waals surface area (Å²) in [7, 11) is 0. The van der Waals surface area contributed by atoms with Gasteiger partial charge in [0.1, 0.15) is 0 Å². The summed E-state index contributed by atoms with van der Waals surface area (Å²) in [5, 5.41) is 0. The lowest BCUT2D eigenvalue weighted by molar-refractivity contribution is 0.121. The van der Waals surface area contributed by atoms with Crippen LogP contribution in [-0.4, -0.2) is 45.6 Å². The summed E-state index contributed by atoms with van der Waals surface area (Å²) in [6, 6.07) is 6.29. The van der Waals surface area contributed by atoms with Gasteiger partial charge in [0.15, 0.2) is 0 Å². The van der Waals surface area contributed by atoms with Crippen molar-refractivity contribution in [2.24, 2.45) is 5.92 Å². The van der Waals surface area contributed by atoms with Crippen LogP contribution in [0.1, 0.15) is 16.8 Å². The summed E-state index contributed by atoms with van der Waals surface area (Å²) in [5.74, 6) is 0.452. The van der Waals surface area contributed by atoms with Crippen LogP contribution in [0, 0.1) is 12.8 Å². The van der Waals surface area contributed by atoms with Gasteiger partial charge < -0.3 is 9.14 Å². The van der Waals surface area contributed by atoms with Crippen molar-refractivity contribution < 1.29 is 4.74 Å². The highest BCUT2D eigenvalue weighted by Crippen LogP contribution is 2.18. The van der Waals surface area contributed by atoms with Crippen LogP contribution in [0.5, 0.6) is 0 Å². The monoisotopic (exact) mass is 336 g/mol. The highest BCUT2D eigenvalue weighted by Gasteiger charge is 2.21. The van der Waals surface area contributed by atoms with E-state index >= 15 is 0 Å². The minimum atomic E-state index is 0.452. The van der Waals surface area contributed by atoms with Crippen molar-refractivity contribution in [3.8, 4) is 0 Å². The molecule has 1 aliphatic heterocycles. The van der Waals surface area contributed by atoms with Gasteiger partial charge in [-0.05, 0) is 42.7 Å². The Labute approximate surface area is 148 Å². The fourth-order valence-electron chi connectivity index (χ4n) is 3.58. The summed E-state index contributed by atoms with van der Waals surface area (Å²) < 4.78 is 8.01. The van der Waals surface area contributed by atoms with Crippen LogP contribution in [-0.2, 0) is 17.7 Å². The molecule has 4 heterocycles. The third-order valence-corrected chi connectivity index (χ3v) is 4.98. The number of aryl methyl sites for hydroxylation is 1. The number of hydrogen-bond acceptors (Lipinski definition) is 4. The van der Waals surface area contributed by atoms with Gasteiger partial charge in [-0.2, -0.15) is 0 Å². The first-order valence-corrected chi connectivity index (χ1v) is 8.90. The molecule has 5 heteroatoms. The highest BCUT2D eigenvalue weighted by atomic mass is 16.5. The van der Waals surface area contributed by atoms with Crippen molar-refractivity contribution in [2.45, 2.75) is 19.9 Å². The predicted octanol–water partition coefficient (Wildman–Crippen LogP) is 2.73. The summed E-state index contributed by atoms with van der Waals surface area (Å²) in [6.07, 6.45) is 10.7. The van der Waals surface area contributed by atoms with E-state index < -0.39 is 0 Å². The number of nitrogens with zero attached hydrogens (tertiary/aromatic N) is 4. The Morgan fingerprint density at radius 1 is 1.24 bits per heavy atom. The summed E-state index contributed by atoms with van der Waals surface area (Å²) in [5.41, 5.74) is 4.95. The fraction of sp³-hybridized carbons (Fsp3) is 0.400. The van der Waals surface area contributed by atoms with Gasteiger partial charge in [-0.3, -0.25) is 14.9 Å². The molecule has 3 aromatic heterocycles. The molecular formula is C20H24N4O. The quantitative estimate of drug-likeness (QED) is 0.735. The van der Waals surface area contributed by atoms with E-state index in [4.69, 9.17) is 4.74 Å². The van der Waals surface area contributed by atoms with Gasteiger partial charge in [0.25, 0.3) is 0 Å². The summed E-state index contributed by atoms with van der Waals surface area (Å²) in [6.45, 7) is 6.66. The number of fused-ring (bicyclic) bond motifs is 1. The maximum Gasteiger partial charge on any atom is 0.0666 e. The first kappa shape index (κ1) is 16.2. The van der Waals surface area contributed by atoms with Crippen molar-refractivity contribution in [1.29, 1.82) is 0 Å². The molecule has 0 aliphatic carbocycles. The molecule has 130 valence electrons. The Hall–Kier alpha value is -2.24. The molecule has 0 saturated carbocycles. The molecule has 1 aliphatic rings. The first-order chi connectivity index (χ1) is 12.3. The van der Waals surface area contributed by atoms with E-state index in [1.807, 2.05) is 24.8 Å². The molecule has 0 N–H and O–H groups in total. The molecule has 0 radical (unpaired) electrons. The van der Waals surface area contributed by atoms with Crippen LogP contribution in [0.3, 0.4) is 0 Å². The van der Waals surface area contributed by atoms with E-state index in [9.17, 15) is 0 Å². The molecule has 0 spiro atoms. The van der Waals surface area contributed by atoms with E-state index in [0.29, 0.717) is 5.92 Å². The summed E-state index contributed by atoms with van der Waals surface area (Å²) in [4.78, 5) is 11.4. The standard InChI is InChI=1S/C20H24N4O/c1-16-4-5-21-12-18(16)14-23-9-10-25-15-17(13-23)11-19-20-3-2-7-24(20)8-6-22-19/h2-8,12,17H,9-11,13-15H2,1H3/t17-/m0/s1. The third kappa shape index (κ3) is 3.72. The molecule has 1 saturated heterocycles. The Kier molecular flexibility index (Phi) is 4.76. The Balaban J connectivity index is 1.48. The molecule has 1 atom stereocenters. The first-order valence-electron chi connectivity index (χ1n) is 8.90. The minimum absolute atomic E-state index is 0.452. The molecule has 4 rings (SSSR count). The number of ether oxygens (including phenoxy) is 1. The average Bonchev–Trinajstić information content (AvgIpc) is 3.00. The van der Waals surface area contributed by atoms with E-state index in [-0.39, 0.29) is 0 Å². The molecule has 0 aromatic carbocycles. The lowest BCUT2D eigenvalue weighted by Gasteiger charge is -2.24. The van der Waals surface area contributed by atoms with Crippen LogP contribution in [0.4, 0.5) is 0 Å². The second kappa shape index (κ2) is 7.33. The molecule has 25 heavy (non-hydrogen) atoms. The van der Waals surface area contributed by atoms with Crippen molar-refractivity contribution in [3.05, 3.63) is 66.0 Å². The van der Waals surface area contributed by atoms with Gasteiger partial charge in [-0.1, -0.05) is 0 Å². The van der Waals surface area contributed by atoms with Gasteiger partial charge in [0, 0.05) is 56.5 Å². The van der Waals surface area contributed by atoms with E-state index in [1.54, 1.807) is 0 Å². The van der Waals surface area contributed by atoms with Gasteiger partial charge in [0.2, 0.25) is 0 Å². The summed E-state index contributed by atoms with van der Waals surface area (Å²) >= 11 is 0. The van der Waals surface area contributed by atoms with Crippen molar-refractivity contribution in [2.75, 3.05) is 26.3 Å². The van der Waals surface area contributed by atoms with Crippen molar-refractivity contribution >= 4 is 5.52 Å². The molecule has 5 nitrogen and oxygen atoms in total. The predicted molar refractivity (Wildman–Crippen MR) is 97.5 cm³/mol. The fourth-order valence-corrected chi connectivity index (χ4v) is 3.58. The zero-order valence-corrected chi connectivity index (χ0v) is 14.6. The van der Waals surface area contributed by atoms with Crippen molar-refractivity contribution in [1.82, 2.24) is 19.3 Å². The molecule has 0 unspecified atom stereocenters. The second-order valence-corrected chi connectivity index (χ2v) is 6.86. The van der Waals surface area contributed by atoms with E-state index in [0.717, 1.165) is 45.0 Å². The van der Waals surface area contributed by atoms with Crippen LogP contribution >= 0.6 is 0 Å². The topological polar surface area (TPSA) is 42.7 Å². The number of hydrogen-bond donors (Lipinski definition) is 0.